The van der Waals surface area contributed by atoms with Crippen molar-refractivity contribution in [2.45, 2.75) is 0 Å². The molecule has 0 aliphatic carbocycles. The topological polar surface area (TPSA) is 116 Å². The van der Waals surface area contributed by atoms with E-state index in [1.807, 2.05) is 0 Å². The number of aromatic nitrogens is 2. The van der Waals surface area contributed by atoms with Crippen LogP contribution in [0.3, 0.4) is 0 Å². The summed E-state index contributed by atoms with van der Waals surface area (Å²) in [4.78, 5) is 10.9. The molecule has 8 nitrogen and oxygen atoms in total. The lowest BCUT2D eigenvalue weighted by molar-refractivity contribution is 0.0810. The number of nitrogens with one attached hydrogen (secondary N) is 1. The molecule has 0 unspecified atom stereocenters. The van der Waals surface area contributed by atoms with Gasteiger partial charge in [-0.25, -0.2) is 4.79 Å². The van der Waals surface area contributed by atoms with Crippen molar-refractivity contribution < 1.29 is 12.9 Å². The molecule has 3 rings (SSSR count). The van der Waals surface area contributed by atoms with E-state index in [0.29, 0.717) is 9.49 Å². The molecule has 0 spiro atoms. The number of nitrogens with two attached hydrogens (primary N) is 1. The van der Waals surface area contributed by atoms with Gasteiger partial charge in [0.25, 0.3) is 0 Å². The zero-order valence-corrected chi connectivity index (χ0v) is 5.95. The second kappa shape index (κ2) is 1.73. The van der Waals surface area contributed by atoms with E-state index in [9.17, 15) is 4.79 Å². The van der Waals surface area contributed by atoms with Crippen LogP contribution in [-0.2, 0) is 0 Å². The van der Waals surface area contributed by atoms with Gasteiger partial charge in [0.1, 0.15) is 0 Å². The molecular weight excluding hydrogens is 175 g/mol. The van der Waals surface area contributed by atoms with Crippen LogP contribution < -0.4 is 11.4 Å². The normalized spacial score (nSPS) is 10.9. The first-order valence-corrected chi connectivity index (χ1v) is 3.60. The Kier molecular flexibility index (Phi) is 0.970. The summed E-state index contributed by atoms with van der Waals surface area (Å²) < 4.78 is 15.0. The molecule has 0 aromatic carbocycles. The molecule has 0 radical (unpaired) electrons. The van der Waals surface area contributed by atoms with Crippen LogP contribution in [0.1, 0.15) is 0 Å². The summed E-state index contributed by atoms with van der Waals surface area (Å²) in [5, 5.41) is 6.86. The van der Waals surface area contributed by atoms with E-state index in [2.05, 4.69) is 12.9 Å². The predicted octanol–water partition coefficient (Wildman–Crippen LogP) is -0.532. The van der Waals surface area contributed by atoms with E-state index in [0.717, 1.165) is 0 Å². The van der Waals surface area contributed by atoms with Gasteiger partial charge in [0, 0.05) is 4.75 Å². The molecule has 0 atom stereocenters. The molecule has 0 aliphatic rings. The summed E-state index contributed by atoms with van der Waals surface area (Å²) in [5.74, 6) is -0.501. The molecule has 60 valence electrons. The lowest BCUT2D eigenvalue weighted by Gasteiger charge is -2.02. The molecule has 3 aromatic heterocycles. The van der Waals surface area contributed by atoms with Gasteiger partial charge in [-0.1, -0.05) is 4.74 Å². The maximum Gasteiger partial charge on any atom is 0.521 e. The Bertz CT molecular complexity index is 442. The average Bonchev–Trinajstić information content (AvgIpc) is 1.84. The van der Waals surface area contributed by atoms with Crippen LogP contribution in [0.5, 0.6) is 0 Å². The Labute approximate surface area is 59.1 Å². The van der Waals surface area contributed by atoms with E-state index in [1.54, 1.807) is 0 Å². The number of nitrogen functional groups attached to an aromatic ring is 1. The molecule has 3 aromatic rings. The van der Waals surface area contributed by atoms with Crippen molar-refractivity contribution in [3.05, 3.63) is 10.5 Å². The molecule has 11 heavy (non-hydrogen) atoms. The van der Waals surface area contributed by atoms with Gasteiger partial charge in [0.15, 0.2) is 0 Å². The third kappa shape index (κ3) is 0.695. The predicted molar refractivity (Wildman–Crippen MR) is 32.7 cm³/mol. The van der Waals surface area contributed by atoms with Crippen molar-refractivity contribution in [1.82, 2.24) is 9.49 Å². The Hall–Kier alpha value is -1.56. The Morgan fingerprint density at radius 1 is 1.55 bits per heavy atom. The monoisotopic (exact) mass is 178 g/mol. The van der Waals surface area contributed by atoms with Crippen molar-refractivity contribution in [3.8, 4) is 0 Å². The number of fused-ring (bicyclic) bond motifs is 2. The highest BCUT2D eigenvalue weighted by atomic mass is 31.1. The number of hydrogen-bond donors (Lipinski definition) is 2. The molecule has 0 fully saturated rings. The molecule has 9 heteroatoms. The van der Waals surface area contributed by atoms with E-state index in [1.165, 1.54) is 0 Å². The fraction of sp³-hybridized carbons (Fsp3) is 0. The zero-order chi connectivity index (χ0) is 8.01. The van der Waals surface area contributed by atoms with Crippen molar-refractivity contribution in [2.24, 2.45) is 5.73 Å². The largest absolute Gasteiger partial charge is 0.521 e. The summed E-state index contributed by atoms with van der Waals surface area (Å²) in [5.41, 5.74) is 4.21. The molecule has 0 saturated carbocycles. The first-order chi connectivity index (χ1) is 5.18. The second-order valence-corrected chi connectivity index (χ2v) is 2.62. The average molecular weight is 178 g/mol. The molecular formula is C2H3N4O4P. The lowest BCUT2D eigenvalue weighted by atomic mass is 11.0. The first-order valence-electron chi connectivity index (χ1n) is 2.51. The smallest absolute Gasteiger partial charge is 0.367 e. The zero-order valence-electron chi connectivity index (χ0n) is 5.05. The number of hydrogen-bond acceptors (Lipinski definition) is 5. The maximum atomic E-state index is 10.9. The minimum Gasteiger partial charge on any atom is -0.367 e. The standard InChI is InChI=1S/C2H3N4O4P/c3-1(4)5-2(7)6-9-11(8-5)10-6/h(H3,3,4). The highest BCUT2D eigenvalue weighted by molar-refractivity contribution is 7.26. The Morgan fingerprint density at radius 2 is 2.18 bits per heavy atom. The lowest BCUT2D eigenvalue weighted by Crippen LogP contribution is -2.35. The summed E-state index contributed by atoms with van der Waals surface area (Å²) in [6.45, 7) is 0. The highest BCUT2D eigenvalue weighted by Crippen LogP contribution is 2.22. The van der Waals surface area contributed by atoms with Gasteiger partial charge in [0.05, 0.1) is 0 Å². The van der Waals surface area contributed by atoms with Gasteiger partial charge in [-0.2, -0.15) is 0 Å². The van der Waals surface area contributed by atoms with Crippen molar-refractivity contribution in [2.75, 3.05) is 0 Å². The summed E-state index contributed by atoms with van der Waals surface area (Å²) in [7, 11) is -1.54. The third-order valence-electron chi connectivity index (χ3n) is 0.979. The van der Waals surface area contributed by atoms with E-state index in [4.69, 9.17) is 11.1 Å². The second-order valence-electron chi connectivity index (χ2n) is 1.69. The van der Waals surface area contributed by atoms with Gasteiger partial charge in [-0.3, -0.25) is 18.3 Å². The van der Waals surface area contributed by atoms with Crippen LogP contribution in [0.2, 0.25) is 0 Å². The maximum absolute atomic E-state index is 10.9. The van der Waals surface area contributed by atoms with Gasteiger partial charge < -0.3 is 5.73 Å². The molecule has 0 aliphatic heterocycles. The minimum absolute atomic E-state index is 0.501. The summed E-state index contributed by atoms with van der Waals surface area (Å²) in [6.07, 6.45) is 0. The highest BCUT2D eigenvalue weighted by Gasteiger charge is 2.14. The van der Waals surface area contributed by atoms with Crippen LogP contribution in [-0.4, -0.2) is 15.4 Å². The number of nitrogens with zero attached hydrogens (tertiary/aromatic N) is 2. The first kappa shape index (κ1) is 6.17. The van der Waals surface area contributed by atoms with Crippen LogP contribution >= 0.6 is 8.06 Å². The van der Waals surface area contributed by atoms with Crippen molar-refractivity contribution >= 4 is 14.0 Å². The van der Waals surface area contributed by atoms with E-state index < -0.39 is 19.7 Å². The van der Waals surface area contributed by atoms with E-state index >= 15 is 0 Å². The van der Waals surface area contributed by atoms with Crippen molar-refractivity contribution in [1.29, 1.82) is 5.41 Å². The Balaban J connectivity index is 2.80. The molecule has 2 bridgehead atoms. The van der Waals surface area contributed by atoms with Gasteiger partial charge in [0.2, 0.25) is 5.96 Å². The molecule has 3 N–H and O–H groups in total. The minimum atomic E-state index is -1.54. The summed E-state index contributed by atoms with van der Waals surface area (Å²) >= 11 is 0. The molecule has 0 amide bonds. The van der Waals surface area contributed by atoms with Gasteiger partial charge in [-0.15, -0.1) is 0 Å². The molecule has 0 saturated heterocycles. The van der Waals surface area contributed by atoms with Crippen LogP contribution in [0, 0.1) is 5.41 Å². The third-order valence-corrected chi connectivity index (χ3v) is 1.84. The fourth-order valence-electron chi connectivity index (χ4n) is 0.550. The van der Waals surface area contributed by atoms with Crippen LogP contribution in [0.25, 0.3) is 0 Å². The Morgan fingerprint density at radius 3 is 2.55 bits per heavy atom. The van der Waals surface area contributed by atoms with E-state index in [-0.39, 0.29) is 0 Å². The number of rotatable bonds is 0. The van der Waals surface area contributed by atoms with Crippen molar-refractivity contribution in [3.63, 3.8) is 0 Å². The van der Waals surface area contributed by atoms with Crippen LogP contribution in [0.15, 0.2) is 17.7 Å². The van der Waals surface area contributed by atoms with Gasteiger partial charge in [-0.05, 0) is 0 Å². The van der Waals surface area contributed by atoms with Gasteiger partial charge >= 0.3 is 13.7 Å². The quantitative estimate of drug-likeness (QED) is 0.415. The molecule has 3 heterocycles. The summed E-state index contributed by atoms with van der Waals surface area (Å²) in [6, 6.07) is 0. The SMILES string of the molecule is N=C(N)n1op2on(o2)c1=O. The van der Waals surface area contributed by atoms with Crippen LogP contribution in [0.4, 0.5) is 0 Å². The fourth-order valence-corrected chi connectivity index (χ4v) is 1.29.